The van der Waals surface area contributed by atoms with Gasteiger partial charge < -0.3 is 5.11 Å². The van der Waals surface area contributed by atoms with Crippen LogP contribution in [0.4, 0.5) is 0 Å². The van der Waals surface area contributed by atoms with Gasteiger partial charge in [0.2, 0.25) is 0 Å². The molecule has 0 fully saturated rings. The summed E-state index contributed by atoms with van der Waals surface area (Å²) in [6, 6.07) is 8.99. The lowest BCUT2D eigenvalue weighted by Crippen LogP contribution is -2.14. The second kappa shape index (κ2) is 7.41. The Morgan fingerprint density at radius 1 is 1.22 bits per heavy atom. The maximum absolute atomic E-state index is 11.9. The molecule has 1 atom stereocenters. The van der Waals surface area contributed by atoms with Gasteiger partial charge in [-0.25, -0.2) is 0 Å². The normalized spacial score (nSPS) is 12.8. The number of carbonyl (C=O) groups excluding carboxylic acids is 1. The number of aliphatic hydroxyl groups excluding tert-OH is 1. The van der Waals surface area contributed by atoms with Gasteiger partial charge >= 0.3 is 0 Å². The van der Waals surface area contributed by atoms with Crippen LogP contribution in [0.25, 0.3) is 0 Å². The van der Waals surface area contributed by atoms with Crippen LogP contribution in [0.2, 0.25) is 0 Å². The van der Waals surface area contributed by atoms with Crippen molar-refractivity contribution in [3.05, 3.63) is 72.9 Å². The van der Waals surface area contributed by atoms with E-state index in [4.69, 9.17) is 0 Å². The van der Waals surface area contributed by atoms with E-state index in [-0.39, 0.29) is 12.2 Å². The van der Waals surface area contributed by atoms with Gasteiger partial charge in [0.25, 0.3) is 0 Å². The Labute approximate surface area is 108 Å². The fraction of sp³-hybridized carbons (Fsp3) is 0.188. The van der Waals surface area contributed by atoms with Crippen LogP contribution in [0, 0.1) is 0 Å². The number of hydrogen-bond acceptors (Lipinski definition) is 2. The predicted molar refractivity (Wildman–Crippen MR) is 74.5 cm³/mol. The maximum Gasteiger partial charge on any atom is 0.165 e. The van der Waals surface area contributed by atoms with Crippen molar-refractivity contribution in [1.82, 2.24) is 0 Å². The van der Waals surface area contributed by atoms with Crippen molar-refractivity contribution in [2.24, 2.45) is 0 Å². The molecule has 0 amide bonds. The molecule has 18 heavy (non-hydrogen) atoms. The Kier molecular flexibility index (Phi) is 5.81. The van der Waals surface area contributed by atoms with E-state index in [1.165, 1.54) is 0 Å². The molecule has 1 aromatic carbocycles. The van der Waals surface area contributed by atoms with Crippen molar-refractivity contribution in [1.29, 1.82) is 0 Å². The standard InChI is InChI=1S/C16H18O2/c1-3-8-13(4-2)11-15(17)12-16(18)14-9-6-5-7-10-14/h3-10,15,17H,1-2,11-12H2/b13-8+. The van der Waals surface area contributed by atoms with Crippen LogP contribution < -0.4 is 0 Å². The summed E-state index contributed by atoms with van der Waals surface area (Å²) in [5.74, 6) is -0.0508. The summed E-state index contributed by atoms with van der Waals surface area (Å²) in [7, 11) is 0. The molecule has 2 heteroatoms. The minimum atomic E-state index is -0.693. The van der Waals surface area contributed by atoms with Gasteiger partial charge in [-0.15, -0.1) is 0 Å². The summed E-state index contributed by atoms with van der Waals surface area (Å²) in [5.41, 5.74) is 1.50. The second-order valence-electron chi connectivity index (χ2n) is 4.03. The monoisotopic (exact) mass is 242 g/mol. The average Bonchev–Trinajstić information content (AvgIpc) is 2.39. The van der Waals surface area contributed by atoms with E-state index in [0.29, 0.717) is 12.0 Å². The van der Waals surface area contributed by atoms with Crippen LogP contribution >= 0.6 is 0 Å². The zero-order valence-electron chi connectivity index (χ0n) is 10.4. The molecule has 0 bridgehead atoms. The van der Waals surface area contributed by atoms with Crippen molar-refractivity contribution >= 4 is 5.78 Å². The molecule has 0 aliphatic carbocycles. The lowest BCUT2D eigenvalue weighted by atomic mass is 10.00. The Morgan fingerprint density at radius 2 is 1.89 bits per heavy atom. The zero-order valence-corrected chi connectivity index (χ0v) is 10.4. The SMILES string of the molecule is C=C/C=C(\C=C)CC(O)CC(=O)c1ccccc1. The summed E-state index contributed by atoms with van der Waals surface area (Å²) in [4.78, 5) is 11.9. The molecule has 1 aromatic rings. The number of hydrogen-bond donors (Lipinski definition) is 1. The largest absolute Gasteiger partial charge is 0.392 e. The number of rotatable bonds is 7. The predicted octanol–water partition coefficient (Wildman–Crippen LogP) is 3.31. The van der Waals surface area contributed by atoms with Gasteiger partial charge in [0.15, 0.2) is 5.78 Å². The number of Topliss-reactive ketones (excluding diaryl/α,β-unsaturated/α-hetero) is 1. The number of ketones is 1. The van der Waals surface area contributed by atoms with Crippen molar-refractivity contribution in [3.63, 3.8) is 0 Å². The molecule has 0 saturated heterocycles. The number of aliphatic hydroxyl groups is 1. The molecule has 0 spiro atoms. The molecule has 94 valence electrons. The maximum atomic E-state index is 11.9. The van der Waals surface area contributed by atoms with Crippen molar-refractivity contribution in [2.75, 3.05) is 0 Å². The van der Waals surface area contributed by atoms with Crippen LogP contribution in [0.15, 0.2) is 67.3 Å². The van der Waals surface area contributed by atoms with Crippen LogP contribution in [0.1, 0.15) is 23.2 Å². The Morgan fingerprint density at radius 3 is 2.44 bits per heavy atom. The van der Waals surface area contributed by atoms with Crippen LogP contribution in [0.5, 0.6) is 0 Å². The average molecular weight is 242 g/mol. The van der Waals surface area contributed by atoms with Gasteiger partial charge in [-0.3, -0.25) is 4.79 Å². The highest BCUT2D eigenvalue weighted by Gasteiger charge is 2.13. The zero-order chi connectivity index (χ0) is 13.4. The van der Waals surface area contributed by atoms with E-state index >= 15 is 0 Å². The van der Waals surface area contributed by atoms with E-state index < -0.39 is 6.10 Å². The van der Waals surface area contributed by atoms with Gasteiger partial charge in [0.05, 0.1) is 6.10 Å². The molecule has 0 saturated carbocycles. The Balaban J connectivity index is 2.57. The van der Waals surface area contributed by atoms with Crippen molar-refractivity contribution < 1.29 is 9.90 Å². The van der Waals surface area contributed by atoms with Gasteiger partial charge in [0.1, 0.15) is 0 Å². The first-order valence-corrected chi connectivity index (χ1v) is 5.87. The summed E-state index contributed by atoms with van der Waals surface area (Å²) in [6.45, 7) is 7.25. The fourth-order valence-electron chi connectivity index (χ4n) is 1.67. The highest BCUT2D eigenvalue weighted by atomic mass is 16.3. The second-order valence-corrected chi connectivity index (χ2v) is 4.03. The van der Waals surface area contributed by atoms with Gasteiger partial charge in [-0.1, -0.05) is 61.7 Å². The first-order valence-electron chi connectivity index (χ1n) is 5.87. The molecular weight excluding hydrogens is 224 g/mol. The summed E-state index contributed by atoms with van der Waals surface area (Å²) < 4.78 is 0. The molecule has 0 radical (unpaired) electrons. The molecule has 0 aliphatic heterocycles. The third kappa shape index (κ3) is 4.52. The van der Waals surface area contributed by atoms with Gasteiger partial charge in [0, 0.05) is 12.0 Å². The first kappa shape index (κ1) is 14.1. The molecule has 1 unspecified atom stereocenters. The molecule has 1 N–H and O–H groups in total. The first-order chi connectivity index (χ1) is 8.67. The topological polar surface area (TPSA) is 37.3 Å². The highest BCUT2D eigenvalue weighted by molar-refractivity contribution is 5.96. The molecular formula is C16H18O2. The van der Waals surface area contributed by atoms with Crippen molar-refractivity contribution in [2.45, 2.75) is 18.9 Å². The van der Waals surface area contributed by atoms with Crippen molar-refractivity contribution in [3.8, 4) is 0 Å². The third-order valence-corrected chi connectivity index (χ3v) is 2.58. The minimum Gasteiger partial charge on any atom is -0.392 e. The van der Waals surface area contributed by atoms with E-state index in [1.54, 1.807) is 30.4 Å². The minimum absolute atomic E-state index is 0.0508. The van der Waals surface area contributed by atoms with Gasteiger partial charge in [-0.05, 0) is 12.0 Å². The van der Waals surface area contributed by atoms with Crippen LogP contribution in [-0.2, 0) is 0 Å². The lowest BCUT2D eigenvalue weighted by Gasteiger charge is -2.10. The summed E-state index contributed by atoms with van der Waals surface area (Å²) in [6.07, 6.45) is 4.92. The van der Waals surface area contributed by atoms with E-state index in [2.05, 4.69) is 13.2 Å². The molecule has 0 heterocycles. The molecule has 1 rings (SSSR count). The Bertz CT molecular complexity index is 443. The number of allylic oxidation sites excluding steroid dienone is 3. The fourth-order valence-corrected chi connectivity index (χ4v) is 1.67. The Hall–Kier alpha value is -1.93. The molecule has 2 nitrogen and oxygen atoms in total. The quantitative estimate of drug-likeness (QED) is 0.588. The van der Waals surface area contributed by atoms with Crippen LogP contribution in [0.3, 0.4) is 0 Å². The van der Waals surface area contributed by atoms with E-state index in [1.807, 2.05) is 18.2 Å². The van der Waals surface area contributed by atoms with E-state index in [0.717, 1.165) is 5.57 Å². The molecule has 0 aromatic heterocycles. The van der Waals surface area contributed by atoms with Crippen LogP contribution in [-0.4, -0.2) is 17.0 Å². The summed E-state index contributed by atoms with van der Waals surface area (Å²) in [5, 5.41) is 9.87. The summed E-state index contributed by atoms with van der Waals surface area (Å²) >= 11 is 0. The number of carbonyl (C=O) groups is 1. The van der Waals surface area contributed by atoms with E-state index in [9.17, 15) is 9.90 Å². The lowest BCUT2D eigenvalue weighted by molar-refractivity contribution is 0.0882. The smallest absolute Gasteiger partial charge is 0.165 e. The third-order valence-electron chi connectivity index (χ3n) is 2.58. The highest BCUT2D eigenvalue weighted by Crippen LogP contribution is 2.13. The number of benzene rings is 1. The molecule has 0 aliphatic rings. The van der Waals surface area contributed by atoms with Gasteiger partial charge in [-0.2, -0.15) is 0 Å².